The quantitative estimate of drug-likeness (QED) is 0.362. The third-order valence-electron chi connectivity index (χ3n) is 3.41. The zero-order valence-corrected chi connectivity index (χ0v) is 14.3. The molecule has 0 aromatic heterocycles. The number of aryl methyl sites for hydroxylation is 1. The zero-order chi connectivity index (χ0) is 18.8. The van der Waals surface area contributed by atoms with Crippen LogP contribution in [0.4, 0.5) is 13.2 Å². The summed E-state index contributed by atoms with van der Waals surface area (Å²) < 4.78 is 40.1. The Hall–Kier alpha value is -2.89. The summed E-state index contributed by atoms with van der Waals surface area (Å²) in [6.45, 7) is 2.00. The van der Waals surface area contributed by atoms with Gasteiger partial charge in [0.25, 0.3) is 0 Å². The van der Waals surface area contributed by atoms with Gasteiger partial charge >= 0.3 is 6.36 Å². The number of hydrogen-bond acceptors (Lipinski definition) is 3. The summed E-state index contributed by atoms with van der Waals surface area (Å²) in [7, 11) is 0. The average Bonchev–Trinajstić information content (AvgIpc) is 2.60. The van der Waals surface area contributed by atoms with E-state index in [9.17, 15) is 13.2 Å². The third kappa shape index (κ3) is 7.34. The van der Waals surface area contributed by atoms with Gasteiger partial charge in [-0.2, -0.15) is 10.2 Å². The van der Waals surface area contributed by atoms with Gasteiger partial charge in [0.05, 0.1) is 12.4 Å². The molecule has 0 radical (unpaired) electrons. The highest BCUT2D eigenvalue weighted by atomic mass is 19.4. The fourth-order valence-corrected chi connectivity index (χ4v) is 2.14. The Labute approximate surface area is 150 Å². The number of hydrogen-bond donors (Lipinski definition) is 0. The molecule has 3 nitrogen and oxygen atoms in total. The van der Waals surface area contributed by atoms with Crippen LogP contribution in [0.25, 0.3) is 0 Å². The van der Waals surface area contributed by atoms with Crippen molar-refractivity contribution < 1.29 is 17.9 Å². The largest absolute Gasteiger partial charge is 0.573 e. The molecule has 26 heavy (non-hydrogen) atoms. The van der Waals surface area contributed by atoms with E-state index in [1.54, 1.807) is 6.21 Å². The summed E-state index contributed by atoms with van der Waals surface area (Å²) in [6, 6.07) is 13.4. The zero-order valence-electron chi connectivity index (χ0n) is 14.3. The van der Waals surface area contributed by atoms with Crippen molar-refractivity contribution in [3.63, 3.8) is 0 Å². The van der Waals surface area contributed by atoms with Crippen molar-refractivity contribution in [2.45, 2.75) is 26.1 Å². The first-order valence-electron chi connectivity index (χ1n) is 8.08. The van der Waals surface area contributed by atoms with Crippen molar-refractivity contribution in [3.8, 4) is 5.75 Å². The van der Waals surface area contributed by atoms with E-state index >= 15 is 0 Å². The number of allylic oxidation sites excluding steroid dienone is 2. The molecule has 2 rings (SSSR count). The number of alkyl halides is 3. The normalized spacial score (nSPS) is 12.5. The van der Waals surface area contributed by atoms with E-state index in [-0.39, 0.29) is 5.75 Å². The molecule has 6 heteroatoms. The molecule has 0 bridgehead atoms. The van der Waals surface area contributed by atoms with Crippen LogP contribution < -0.4 is 4.74 Å². The van der Waals surface area contributed by atoms with Crippen LogP contribution in [0.5, 0.6) is 5.75 Å². The Morgan fingerprint density at radius 2 is 1.42 bits per heavy atom. The SMILES string of the molecule is CC=CCCc1ccc(C=NN=Cc2ccc(OC(F)(F)F)cc2)cc1. The van der Waals surface area contributed by atoms with E-state index < -0.39 is 6.36 Å². The molecule has 0 aliphatic rings. The Morgan fingerprint density at radius 3 is 1.92 bits per heavy atom. The van der Waals surface area contributed by atoms with Gasteiger partial charge in [0.1, 0.15) is 5.75 Å². The molecule has 0 spiro atoms. The van der Waals surface area contributed by atoms with Gasteiger partial charge in [-0.3, -0.25) is 0 Å². The molecule has 0 amide bonds. The highest BCUT2D eigenvalue weighted by molar-refractivity contribution is 5.82. The molecule has 0 fully saturated rings. The molecule has 136 valence electrons. The maximum Gasteiger partial charge on any atom is 0.573 e. The maximum absolute atomic E-state index is 12.1. The number of halogens is 3. The van der Waals surface area contributed by atoms with Crippen LogP contribution in [0.3, 0.4) is 0 Å². The van der Waals surface area contributed by atoms with Gasteiger partial charge in [0.2, 0.25) is 0 Å². The Bertz CT molecular complexity index is 761. The van der Waals surface area contributed by atoms with Crippen LogP contribution in [-0.4, -0.2) is 18.8 Å². The third-order valence-corrected chi connectivity index (χ3v) is 3.41. The molecule has 0 N–H and O–H groups in total. The Balaban J connectivity index is 1.87. The molecule has 0 saturated heterocycles. The van der Waals surface area contributed by atoms with Crippen molar-refractivity contribution in [1.82, 2.24) is 0 Å². The second-order valence-electron chi connectivity index (χ2n) is 5.46. The van der Waals surface area contributed by atoms with Gasteiger partial charge in [-0.15, -0.1) is 13.2 Å². The first-order valence-corrected chi connectivity index (χ1v) is 8.08. The second kappa shape index (κ2) is 9.56. The van der Waals surface area contributed by atoms with Crippen LogP contribution in [0.2, 0.25) is 0 Å². The first-order chi connectivity index (χ1) is 12.5. The molecule has 0 heterocycles. The molecule has 0 atom stereocenters. The first kappa shape index (κ1) is 19.4. The van der Waals surface area contributed by atoms with E-state index in [1.165, 1.54) is 36.0 Å². The van der Waals surface area contributed by atoms with Crippen molar-refractivity contribution in [2.75, 3.05) is 0 Å². The van der Waals surface area contributed by atoms with Crippen molar-refractivity contribution >= 4 is 12.4 Å². The Kier molecular flexibility index (Phi) is 7.14. The van der Waals surface area contributed by atoms with Crippen LogP contribution in [-0.2, 0) is 6.42 Å². The van der Waals surface area contributed by atoms with Gasteiger partial charge in [0, 0.05) is 0 Å². The van der Waals surface area contributed by atoms with Crippen LogP contribution in [0.1, 0.15) is 30.0 Å². The minimum atomic E-state index is -4.69. The summed E-state index contributed by atoms with van der Waals surface area (Å²) >= 11 is 0. The monoisotopic (exact) mass is 360 g/mol. The lowest BCUT2D eigenvalue weighted by atomic mass is 10.1. The van der Waals surface area contributed by atoms with Gasteiger partial charge in [-0.25, -0.2) is 0 Å². The Morgan fingerprint density at radius 1 is 0.885 bits per heavy atom. The minimum absolute atomic E-state index is 0.271. The highest BCUT2D eigenvalue weighted by Gasteiger charge is 2.30. The number of ether oxygens (including phenoxy) is 1. The predicted molar refractivity (Wildman–Crippen MR) is 97.9 cm³/mol. The van der Waals surface area contributed by atoms with Crippen LogP contribution in [0, 0.1) is 0 Å². The minimum Gasteiger partial charge on any atom is -0.406 e. The fourth-order valence-electron chi connectivity index (χ4n) is 2.14. The molecular formula is C20H19F3N2O. The second-order valence-corrected chi connectivity index (χ2v) is 5.46. The fraction of sp³-hybridized carbons (Fsp3) is 0.200. The van der Waals surface area contributed by atoms with Gasteiger partial charge < -0.3 is 4.74 Å². The summed E-state index contributed by atoms with van der Waals surface area (Å²) in [6.07, 6.45) is 4.56. The molecular weight excluding hydrogens is 341 g/mol. The molecule has 2 aromatic rings. The van der Waals surface area contributed by atoms with E-state index in [0.717, 1.165) is 18.4 Å². The summed E-state index contributed by atoms with van der Waals surface area (Å²) in [5, 5.41) is 7.84. The summed E-state index contributed by atoms with van der Waals surface area (Å²) in [5.74, 6) is -0.271. The lowest BCUT2D eigenvalue weighted by molar-refractivity contribution is -0.274. The van der Waals surface area contributed by atoms with E-state index in [2.05, 4.69) is 21.0 Å². The van der Waals surface area contributed by atoms with Crippen molar-refractivity contribution in [1.29, 1.82) is 0 Å². The van der Waals surface area contributed by atoms with Gasteiger partial charge in [0.15, 0.2) is 0 Å². The average molecular weight is 360 g/mol. The number of nitrogens with zero attached hydrogens (tertiary/aromatic N) is 2. The molecule has 0 unspecified atom stereocenters. The number of rotatable bonds is 7. The molecule has 0 aliphatic heterocycles. The lowest BCUT2D eigenvalue weighted by Gasteiger charge is -2.08. The predicted octanol–water partition coefficient (Wildman–Crippen LogP) is 5.55. The van der Waals surface area contributed by atoms with Crippen molar-refractivity contribution in [2.24, 2.45) is 10.2 Å². The van der Waals surface area contributed by atoms with Gasteiger partial charge in [-0.05, 0) is 60.7 Å². The maximum atomic E-state index is 12.1. The number of benzene rings is 2. The summed E-state index contributed by atoms with van der Waals surface area (Å²) in [4.78, 5) is 0. The van der Waals surface area contributed by atoms with E-state index in [1.807, 2.05) is 37.3 Å². The smallest absolute Gasteiger partial charge is 0.406 e. The van der Waals surface area contributed by atoms with Gasteiger partial charge in [-0.1, -0.05) is 36.4 Å². The molecule has 2 aromatic carbocycles. The topological polar surface area (TPSA) is 34.0 Å². The van der Waals surface area contributed by atoms with E-state index in [0.29, 0.717) is 5.56 Å². The van der Waals surface area contributed by atoms with Crippen LogP contribution >= 0.6 is 0 Å². The standard InChI is InChI=1S/C20H19F3N2O/c1-2-3-4-5-16-6-8-17(9-7-16)14-24-25-15-18-10-12-19(13-11-18)26-20(21,22)23/h2-3,6-15H,4-5H2,1H3. The van der Waals surface area contributed by atoms with Crippen LogP contribution in [0.15, 0.2) is 70.9 Å². The summed E-state index contributed by atoms with van der Waals surface area (Å²) in [5.41, 5.74) is 2.80. The molecule has 0 saturated carbocycles. The molecule has 0 aliphatic carbocycles. The van der Waals surface area contributed by atoms with Crippen molar-refractivity contribution in [3.05, 3.63) is 77.4 Å². The van der Waals surface area contributed by atoms with E-state index in [4.69, 9.17) is 0 Å². The highest BCUT2D eigenvalue weighted by Crippen LogP contribution is 2.22. The lowest BCUT2D eigenvalue weighted by Crippen LogP contribution is -2.16.